The van der Waals surface area contributed by atoms with Gasteiger partial charge in [0.05, 0.1) is 0 Å². The summed E-state index contributed by atoms with van der Waals surface area (Å²) >= 11 is 6.46. The standard InChI is InChI=1S/C27H32ClN6O3P/c1-38(2,33-35)24-6-4-3-5-22(24)30-25-20(28)13-29-26(32-25)31-21-7-8-23(19-15-37-14-18(19)21)34-16-27(17-34)9-11-36-12-10-27/h3-8,13,38H,9-12,14-17H2,1-2H3,(H2,29,30,31,32). The Bertz CT molecular complexity index is 1370. The van der Waals surface area contributed by atoms with E-state index < -0.39 is 7.41 Å². The molecule has 1 spiro atoms. The number of hydrogen-bond donors (Lipinski definition) is 2. The number of aromatic nitrogens is 2. The Balaban J connectivity index is 1.23. The molecule has 9 nitrogen and oxygen atoms in total. The first-order valence-corrected chi connectivity index (χ1v) is 16.3. The van der Waals surface area contributed by atoms with Crippen LogP contribution < -0.4 is 20.8 Å². The maximum absolute atomic E-state index is 11.5. The number of rotatable bonds is 7. The molecule has 2 aromatic carbocycles. The molecule has 0 saturated carbocycles. The zero-order chi connectivity index (χ0) is 26.3. The third-order valence-corrected chi connectivity index (χ3v) is 10.4. The summed E-state index contributed by atoms with van der Waals surface area (Å²) in [5, 5.41) is 7.95. The van der Waals surface area contributed by atoms with Crippen molar-refractivity contribution >= 4 is 53.1 Å². The maximum atomic E-state index is 11.5. The van der Waals surface area contributed by atoms with Crippen molar-refractivity contribution in [3.8, 4) is 0 Å². The van der Waals surface area contributed by atoms with Crippen LogP contribution in [0.3, 0.4) is 0 Å². The molecule has 2 N–H and O–H groups in total. The Labute approximate surface area is 227 Å². The summed E-state index contributed by atoms with van der Waals surface area (Å²) in [6, 6.07) is 11.9. The zero-order valence-corrected chi connectivity index (χ0v) is 23.3. The Morgan fingerprint density at radius 2 is 1.76 bits per heavy atom. The second-order valence-corrected chi connectivity index (χ2v) is 15.1. The molecular weight excluding hydrogens is 523 g/mol. The molecule has 3 aromatic rings. The van der Waals surface area contributed by atoms with E-state index in [1.165, 1.54) is 11.3 Å². The molecule has 38 heavy (non-hydrogen) atoms. The van der Waals surface area contributed by atoms with Crippen molar-refractivity contribution in [3.63, 3.8) is 0 Å². The average Bonchev–Trinajstić information content (AvgIpc) is 3.41. The van der Waals surface area contributed by atoms with Crippen LogP contribution in [0.5, 0.6) is 0 Å². The van der Waals surface area contributed by atoms with Gasteiger partial charge in [-0.3, -0.25) is 0 Å². The number of nitrogens with zero attached hydrogens (tertiary/aromatic N) is 4. The third-order valence-electron chi connectivity index (χ3n) is 7.90. The number of halogens is 1. The number of hydrogen-bond acceptors (Lipinski definition) is 9. The van der Waals surface area contributed by atoms with Crippen LogP contribution in [0.1, 0.15) is 24.0 Å². The predicted octanol–water partition coefficient (Wildman–Crippen LogP) is 5.58. The summed E-state index contributed by atoms with van der Waals surface area (Å²) in [7, 11) is -2.50. The molecule has 0 bridgehead atoms. The predicted molar refractivity (Wildman–Crippen MR) is 155 cm³/mol. The minimum absolute atomic E-state index is 0.382. The van der Waals surface area contributed by atoms with Gasteiger partial charge < -0.3 is 4.74 Å². The first kappa shape index (κ1) is 25.4. The van der Waals surface area contributed by atoms with Gasteiger partial charge in [0.15, 0.2) is 0 Å². The fourth-order valence-corrected chi connectivity index (χ4v) is 7.21. The van der Waals surface area contributed by atoms with Gasteiger partial charge in [0.25, 0.3) is 0 Å². The van der Waals surface area contributed by atoms with Gasteiger partial charge in [-0.1, -0.05) is 0 Å². The monoisotopic (exact) mass is 554 g/mol. The van der Waals surface area contributed by atoms with Crippen molar-refractivity contribution in [2.24, 2.45) is 10.4 Å². The Morgan fingerprint density at radius 3 is 2.55 bits per heavy atom. The Morgan fingerprint density at radius 1 is 1.00 bits per heavy atom. The van der Waals surface area contributed by atoms with Gasteiger partial charge in [0, 0.05) is 31.7 Å². The van der Waals surface area contributed by atoms with Crippen LogP contribution in [-0.2, 0) is 22.7 Å². The number of ether oxygens (including phenoxy) is 2. The van der Waals surface area contributed by atoms with Gasteiger partial charge in [-0.15, -0.1) is 0 Å². The zero-order valence-electron chi connectivity index (χ0n) is 21.6. The summed E-state index contributed by atoms with van der Waals surface area (Å²) in [5.41, 5.74) is 5.72. The van der Waals surface area contributed by atoms with E-state index in [1.54, 1.807) is 6.20 Å². The van der Waals surface area contributed by atoms with E-state index in [0.717, 1.165) is 61.4 Å². The van der Waals surface area contributed by atoms with Gasteiger partial charge in [-0.05, 0) is 12.8 Å². The van der Waals surface area contributed by atoms with Gasteiger partial charge in [0.1, 0.15) is 0 Å². The normalized spacial score (nSPS) is 18.6. The van der Waals surface area contributed by atoms with E-state index in [2.05, 4.69) is 42.6 Å². The summed E-state index contributed by atoms with van der Waals surface area (Å²) < 4.78 is 11.5. The number of nitroso groups, excluding NO2 is 1. The van der Waals surface area contributed by atoms with E-state index >= 15 is 0 Å². The third kappa shape index (κ3) is 4.73. The van der Waals surface area contributed by atoms with Gasteiger partial charge in [0.2, 0.25) is 0 Å². The summed E-state index contributed by atoms with van der Waals surface area (Å²) in [5.74, 6) is 0.880. The molecule has 0 unspecified atom stereocenters. The fraction of sp³-hybridized carbons (Fsp3) is 0.407. The van der Waals surface area contributed by atoms with E-state index in [0.29, 0.717) is 35.4 Å². The Hall–Kier alpha value is -2.84. The van der Waals surface area contributed by atoms with Crippen molar-refractivity contribution in [1.82, 2.24) is 9.97 Å². The molecule has 2 fully saturated rings. The van der Waals surface area contributed by atoms with Crippen LogP contribution in [0.4, 0.5) is 28.8 Å². The number of nitrogens with one attached hydrogen (secondary N) is 2. The molecule has 3 aliphatic rings. The molecule has 0 amide bonds. The van der Waals surface area contributed by atoms with Gasteiger partial charge in [-0.25, -0.2) is 0 Å². The van der Waals surface area contributed by atoms with E-state index in [4.69, 9.17) is 21.1 Å². The molecule has 11 heteroatoms. The Kier molecular flexibility index (Phi) is 6.72. The summed E-state index contributed by atoms with van der Waals surface area (Å²) in [4.78, 5) is 26.5. The first-order valence-electron chi connectivity index (χ1n) is 12.9. The van der Waals surface area contributed by atoms with Crippen LogP contribution in [0.25, 0.3) is 0 Å². The van der Waals surface area contributed by atoms with Crippen molar-refractivity contribution in [2.75, 3.05) is 55.2 Å². The number of para-hydroxylation sites is 1. The number of anilines is 5. The van der Waals surface area contributed by atoms with Crippen LogP contribution in [0.2, 0.25) is 5.02 Å². The van der Waals surface area contributed by atoms with Crippen LogP contribution >= 0.6 is 19.0 Å². The molecule has 4 heterocycles. The molecule has 0 aliphatic carbocycles. The van der Waals surface area contributed by atoms with Crippen molar-refractivity contribution in [1.29, 1.82) is 0 Å². The molecule has 0 radical (unpaired) electrons. The summed E-state index contributed by atoms with van der Waals surface area (Å²) in [6.07, 6.45) is 3.85. The van der Waals surface area contributed by atoms with Crippen LogP contribution in [0, 0.1) is 10.3 Å². The molecule has 2 saturated heterocycles. The van der Waals surface area contributed by atoms with Gasteiger partial charge >= 0.3 is 179 Å². The molecule has 200 valence electrons. The quantitative estimate of drug-likeness (QED) is 0.288. The average molecular weight is 555 g/mol. The molecule has 3 aliphatic heterocycles. The minimum atomic E-state index is -2.50. The van der Waals surface area contributed by atoms with E-state index in [9.17, 15) is 4.91 Å². The van der Waals surface area contributed by atoms with E-state index in [-0.39, 0.29) is 0 Å². The number of benzene rings is 2. The SMILES string of the molecule is C[PH](C)(N=O)c1ccccc1Nc1nc(Nc2ccc(N3CC4(CCOCC4)C3)c3c2COC3)ncc1Cl. The van der Waals surface area contributed by atoms with Crippen molar-refractivity contribution in [2.45, 2.75) is 26.1 Å². The van der Waals surface area contributed by atoms with E-state index in [1.807, 2.05) is 37.6 Å². The summed E-state index contributed by atoms with van der Waals surface area (Å²) in [6.45, 7) is 8.85. The topological polar surface area (TPSA) is 101 Å². The molecular formula is C27H32ClN6O3P. The second-order valence-electron chi connectivity index (χ2n) is 10.9. The second kappa shape index (κ2) is 10.0. The van der Waals surface area contributed by atoms with Crippen molar-refractivity contribution < 1.29 is 9.47 Å². The molecule has 1 aromatic heterocycles. The van der Waals surface area contributed by atoms with Crippen LogP contribution in [0.15, 0.2) is 47.5 Å². The fourth-order valence-electron chi connectivity index (χ4n) is 5.67. The first-order chi connectivity index (χ1) is 18.4. The van der Waals surface area contributed by atoms with Gasteiger partial charge in [-0.2, -0.15) is 0 Å². The number of fused-ring (bicyclic) bond motifs is 1. The van der Waals surface area contributed by atoms with Crippen molar-refractivity contribution in [3.05, 3.63) is 63.7 Å². The molecule has 6 rings (SSSR count). The van der Waals surface area contributed by atoms with Crippen LogP contribution in [-0.4, -0.2) is 49.6 Å². The molecule has 0 atom stereocenters.